The number of aliphatic hydroxyl groups is 5. The summed E-state index contributed by atoms with van der Waals surface area (Å²) in [5.41, 5.74) is -0.609. The van der Waals surface area contributed by atoms with Gasteiger partial charge < -0.3 is 98.3 Å². The maximum absolute atomic E-state index is 12.3. The van der Waals surface area contributed by atoms with Crippen molar-refractivity contribution in [3.63, 3.8) is 0 Å². The van der Waals surface area contributed by atoms with Crippen LogP contribution in [0.5, 0.6) is 0 Å². The lowest BCUT2D eigenvalue weighted by atomic mass is 9.94. The highest BCUT2D eigenvalue weighted by Crippen LogP contribution is 2.19. The molecule has 8 N–H and O–H groups in total. The number of hydroxylamine groups is 2. The van der Waals surface area contributed by atoms with E-state index in [1.165, 1.54) is 7.05 Å². The second-order valence-electron chi connectivity index (χ2n) is 14.3. The van der Waals surface area contributed by atoms with E-state index in [1.54, 1.807) is 13.8 Å². The van der Waals surface area contributed by atoms with E-state index in [0.717, 1.165) is 6.29 Å². The Labute approximate surface area is 365 Å². The normalized spacial score (nSPS) is 15.7. The van der Waals surface area contributed by atoms with Gasteiger partial charge in [-0.15, -0.1) is 0 Å². The molecule has 0 saturated heterocycles. The van der Waals surface area contributed by atoms with Crippen molar-refractivity contribution < 1.29 is 97.2 Å². The van der Waals surface area contributed by atoms with Crippen LogP contribution in [0.1, 0.15) is 46.5 Å². The van der Waals surface area contributed by atoms with Crippen molar-refractivity contribution in [3.8, 4) is 0 Å². The number of nitrogens with zero attached hydrogens (tertiary/aromatic N) is 1. The molecule has 0 aliphatic rings. The molecule has 0 aromatic carbocycles. The third-order valence-corrected chi connectivity index (χ3v) is 8.38. The van der Waals surface area contributed by atoms with E-state index < -0.39 is 55.7 Å². The van der Waals surface area contributed by atoms with Crippen molar-refractivity contribution in [2.24, 2.45) is 5.41 Å². The minimum absolute atomic E-state index is 0.0131. The van der Waals surface area contributed by atoms with E-state index in [0.29, 0.717) is 38.0 Å². The Hall–Kier alpha value is -2.11. The van der Waals surface area contributed by atoms with Gasteiger partial charge in [-0.25, -0.2) is 0 Å². The highest BCUT2D eigenvalue weighted by Gasteiger charge is 2.27. The van der Waals surface area contributed by atoms with Crippen molar-refractivity contribution in [3.05, 3.63) is 0 Å². The number of carbonyl (C=O) groups excluding carboxylic acids is 3. The maximum Gasteiger partial charge on any atom is 0.222 e. The van der Waals surface area contributed by atoms with Crippen molar-refractivity contribution in [1.29, 1.82) is 0 Å². The Morgan fingerprint density at radius 3 is 1.60 bits per heavy atom. The van der Waals surface area contributed by atoms with Gasteiger partial charge in [-0.3, -0.25) is 9.59 Å². The standard InChI is InChI=1S/C39H77N3O20/c1-31(47)32(2)61-37(6-12-44)59-24-22-54-20-18-52-16-9-40-34(49)7-14-57-29-39(3,28-56-13-5-11-43)30-58-15-8-35(50)41-10-17-53-19-21-55-23-25-60-38(33(48)26-45)62-36(27-46)42(4)51/h11,31-33,36-38,44-48,51H,5-10,12-30H2,1-4H3,(H,40,49)(H,41,50). The summed E-state index contributed by atoms with van der Waals surface area (Å²) in [5, 5.41) is 62.6. The third-order valence-electron chi connectivity index (χ3n) is 8.38. The number of amides is 2. The molecule has 2 amide bonds. The molecule has 0 bridgehead atoms. The van der Waals surface area contributed by atoms with Gasteiger partial charge >= 0.3 is 0 Å². The first kappa shape index (κ1) is 59.9. The second-order valence-corrected chi connectivity index (χ2v) is 14.3. The summed E-state index contributed by atoms with van der Waals surface area (Å²) in [6.45, 7) is 7.92. The molecule has 23 heteroatoms. The molecule has 0 aliphatic heterocycles. The van der Waals surface area contributed by atoms with Gasteiger partial charge in [0, 0.05) is 57.8 Å². The fourth-order valence-electron chi connectivity index (χ4n) is 4.73. The van der Waals surface area contributed by atoms with Crippen LogP contribution in [0.2, 0.25) is 0 Å². The number of nitrogens with one attached hydrogen (secondary N) is 2. The van der Waals surface area contributed by atoms with Gasteiger partial charge in [0.1, 0.15) is 12.4 Å². The maximum atomic E-state index is 12.3. The van der Waals surface area contributed by atoms with E-state index in [2.05, 4.69) is 10.6 Å². The number of aldehydes is 1. The van der Waals surface area contributed by atoms with Crippen molar-refractivity contribution in [2.75, 3.05) is 146 Å². The molecule has 0 aromatic heterocycles. The highest BCUT2D eigenvalue weighted by molar-refractivity contribution is 5.76. The summed E-state index contributed by atoms with van der Waals surface area (Å²) in [6.07, 6.45) is -4.11. The van der Waals surface area contributed by atoms with Crippen LogP contribution in [0.3, 0.4) is 0 Å². The Bertz CT molecular complexity index is 1070. The van der Waals surface area contributed by atoms with Crippen molar-refractivity contribution in [2.45, 2.75) is 83.6 Å². The molecule has 0 fully saturated rings. The van der Waals surface area contributed by atoms with Crippen LogP contribution in [0, 0.1) is 5.41 Å². The van der Waals surface area contributed by atoms with Gasteiger partial charge in [0.2, 0.25) is 11.8 Å². The van der Waals surface area contributed by atoms with Crippen molar-refractivity contribution >= 4 is 18.1 Å². The summed E-state index contributed by atoms with van der Waals surface area (Å²) >= 11 is 0. The molecule has 368 valence electrons. The van der Waals surface area contributed by atoms with Gasteiger partial charge in [0.05, 0.1) is 131 Å². The lowest BCUT2D eigenvalue weighted by molar-refractivity contribution is -0.296. The Balaban J connectivity index is 4.15. The van der Waals surface area contributed by atoms with E-state index in [1.807, 2.05) is 6.92 Å². The molecule has 0 radical (unpaired) electrons. The second kappa shape index (κ2) is 40.4. The molecule has 0 heterocycles. The first-order valence-corrected chi connectivity index (χ1v) is 21.0. The van der Waals surface area contributed by atoms with Crippen LogP contribution < -0.4 is 10.6 Å². The molecule has 0 saturated carbocycles. The monoisotopic (exact) mass is 908 g/mol. The lowest BCUT2D eigenvalue weighted by Gasteiger charge is -2.29. The number of hydrogen-bond acceptors (Lipinski definition) is 21. The minimum Gasteiger partial charge on any atom is -0.396 e. The molecular weight excluding hydrogens is 830 g/mol. The topological polar surface area (TPSA) is 301 Å². The molecule has 7 unspecified atom stereocenters. The lowest BCUT2D eigenvalue weighted by Crippen LogP contribution is -2.44. The number of likely N-dealkylation sites (N-methyl/N-ethyl adjacent to an activating group) is 1. The molecule has 0 rings (SSSR count). The highest BCUT2D eigenvalue weighted by atomic mass is 16.7. The van der Waals surface area contributed by atoms with Crippen molar-refractivity contribution in [1.82, 2.24) is 15.7 Å². The molecule has 0 aliphatic carbocycles. The van der Waals surface area contributed by atoms with Gasteiger partial charge in [-0.2, -0.15) is 5.06 Å². The molecule has 62 heavy (non-hydrogen) atoms. The zero-order valence-electron chi connectivity index (χ0n) is 37.1. The molecular formula is C39H77N3O20. The van der Waals surface area contributed by atoms with Crippen LogP contribution in [0.4, 0.5) is 0 Å². The first-order valence-electron chi connectivity index (χ1n) is 21.0. The SMILES string of the molecule is CC(O)C(C)OC(CCO)OCCOCCOCCNC(=O)CCOCC(C)(COCCC=O)COCCC(=O)NCCOCCOCCOC(OC(CO)N(C)O)C(O)CO. The Morgan fingerprint density at radius 1 is 0.661 bits per heavy atom. The van der Waals surface area contributed by atoms with Gasteiger partial charge in [0.25, 0.3) is 0 Å². The van der Waals surface area contributed by atoms with E-state index >= 15 is 0 Å². The van der Waals surface area contributed by atoms with Gasteiger partial charge in [0.15, 0.2) is 18.8 Å². The smallest absolute Gasteiger partial charge is 0.222 e. The van der Waals surface area contributed by atoms with Gasteiger partial charge in [-0.05, 0) is 13.8 Å². The fourth-order valence-corrected chi connectivity index (χ4v) is 4.73. The Morgan fingerprint density at radius 2 is 1.15 bits per heavy atom. The number of aliphatic hydroxyl groups excluding tert-OH is 5. The van der Waals surface area contributed by atoms with Crippen LogP contribution in [0.25, 0.3) is 0 Å². The van der Waals surface area contributed by atoms with Crippen LogP contribution in [-0.2, 0) is 66.5 Å². The minimum atomic E-state index is -1.41. The molecule has 23 nitrogen and oxygen atoms in total. The largest absolute Gasteiger partial charge is 0.396 e. The summed E-state index contributed by atoms with van der Waals surface area (Å²) in [5.74, 6) is -0.437. The predicted octanol–water partition coefficient (Wildman–Crippen LogP) is -2.43. The van der Waals surface area contributed by atoms with E-state index in [9.17, 15) is 40.0 Å². The average molecular weight is 908 g/mol. The van der Waals surface area contributed by atoms with Crippen LogP contribution >= 0.6 is 0 Å². The summed E-state index contributed by atoms with van der Waals surface area (Å²) in [4.78, 5) is 35.3. The summed E-state index contributed by atoms with van der Waals surface area (Å²) < 4.78 is 60.7. The predicted molar refractivity (Wildman–Crippen MR) is 218 cm³/mol. The number of ether oxygens (including phenoxy) is 11. The quantitative estimate of drug-likeness (QED) is 0.0136. The number of rotatable bonds is 46. The summed E-state index contributed by atoms with van der Waals surface area (Å²) in [6, 6.07) is 0. The Kier molecular flexibility index (Phi) is 39.0. The van der Waals surface area contributed by atoms with Crippen LogP contribution in [0.15, 0.2) is 0 Å². The fraction of sp³-hybridized carbons (Fsp3) is 0.923. The van der Waals surface area contributed by atoms with Gasteiger partial charge in [-0.1, -0.05) is 6.92 Å². The molecule has 0 aromatic rings. The third kappa shape index (κ3) is 34.3. The first-order chi connectivity index (χ1) is 29.8. The zero-order valence-corrected chi connectivity index (χ0v) is 37.1. The van der Waals surface area contributed by atoms with E-state index in [4.69, 9.17) is 57.2 Å². The van der Waals surface area contributed by atoms with Crippen LogP contribution in [-0.4, -0.2) is 237 Å². The number of carbonyl (C=O) groups is 3. The molecule has 7 atom stereocenters. The zero-order chi connectivity index (χ0) is 46.3. The summed E-state index contributed by atoms with van der Waals surface area (Å²) in [7, 11) is 1.25. The van der Waals surface area contributed by atoms with E-state index in [-0.39, 0.29) is 130 Å². The average Bonchev–Trinajstić information content (AvgIpc) is 3.24. The number of hydrogen-bond donors (Lipinski definition) is 8. The molecule has 0 spiro atoms.